The van der Waals surface area contributed by atoms with Gasteiger partial charge < -0.3 is 15.5 Å². The van der Waals surface area contributed by atoms with Gasteiger partial charge in [-0.15, -0.1) is 5.10 Å². The average Bonchev–Trinajstić information content (AvgIpc) is 3.35. The van der Waals surface area contributed by atoms with Crippen molar-refractivity contribution in [3.8, 4) is 11.1 Å². The molecule has 5 rings (SSSR count). The quantitative estimate of drug-likeness (QED) is 0.354. The Kier molecular flexibility index (Phi) is 6.58. The lowest BCUT2D eigenvalue weighted by Gasteiger charge is -2.10. The average molecular weight is 492 g/mol. The third kappa shape index (κ3) is 5.30. The zero-order chi connectivity index (χ0) is 25.8. The van der Waals surface area contributed by atoms with Gasteiger partial charge in [0.1, 0.15) is 0 Å². The highest BCUT2D eigenvalue weighted by Crippen LogP contribution is 2.25. The highest BCUT2D eigenvalue weighted by Gasteiger charge is 2.13. The van der Waals surface area contributed by atoms with E-state index in [0.29, 0.717) is 29.3 Å². The minimum atomic E-state index is -0.175. The van der Waals surface area contributed by atoms with E-state index in [1.165, 1.54) is 0 Å². The van der Waals surface area contributed by atoms with Crippen molar-refractivity contribution in [1.82, 2.24) is 29.8 Å². The van der Waals surface area contributed by atoms with E-state index in [1.807, 2.05) is 72.9 Å². The Labute approximate surface area is 213 Å². The number of nitrogens with zero attached hydrogens (tertiary/aromatic N) is 5. The summed E-state index contributed by atoms with van der Waals surface area (Å²) in [5, 5.41) is 10.6. The van der Waals surface area contributed by atoms with Crippen LogP contribution in [0.3, 0.4) is 0 Å². The molecule has 0 spiro atoms. The number of anilines is 2. The van der Waals surface area contributed by atoms with Gasteiger partial charge in [0.05, 0.1) is 12.2 Å². The number of fused-ring (bicyclic) bond motifs is 1. The van der Waals surface area contributed by atoms with Gasteiger partial charge in [0.15, 0.2) is 5.65 Å². The van der Waals surface area contributed by atoms with Gasteiger partial charge in [-0.1, -0.05) is 18.2 Å². The van der Waals surface area contributed by atoms with E-state index in [9.17, 15) is 9.59 Å². The maximum absolute atomic E-state index is 12.5. The number of aromatic nitrogens is 4. The molecule has 0 bridgehead atoms. The molecule has 5 aromatic rings. The molecule has 3 aromatic heterocycles. The molecule has 37 heavy (non-hydrogen) atoms. The molecule has 2 amide bonds. The zero-order valence-corrected chi connectivity index (χ0v) is 20.4. The van der Waals surface area contributed by atoms with Crippen LogP contribution in [0.25, 0.3) is 16.8 Å². The third-order valence-corrected chi connectivity index (χ3v) is 5.77. The van der Waals surface area contributed by atoms with Gasteiger partial charge in [0, 0.05) is 48.9 Å². The number of rotatable bonds is 7. The second-order valence-corrected chi connectivity index (χ2v) is 8.61. The standard InChI is InChI=1S/C28H25N7O2/c1-34(2)27(37)21-10-8-19(9-11-21)24-7-5-17-35-25(24)32-28(33-35)31-22-14-12-20(13-15-22)26(36)30-18-23-6-3-4-16-29-23/h3-17H,18H2,1-2H3,(H,30,36)(H,31,33). The Morgan fingerprint density at radius 1 is 0.892 bits per heavy atom. The summed E-state index contributed by atoms with van der Waals surface area (Å²) >= 11 is 0. The van der Waals surface area contributed by atoms with Crippen molar-refractivity contribution in [1.29, 1.82) is 0 Å². The van der Waals surface area contributed by atoms with Crippen LogP contribution in [0, 0.1) is 0 Å². The molecule has 0 atom stereocenters. The molecule has 0 fully saturated rings. The topological polar surface area (TPSA) is 105 Å². The van der Waals surface area contributed by atoms with Crippen molar-refractivity contribution in [2.24, 2.45) is 0 Å². The molecule has 9 nitrogen and oxygen atoms in total. The van der Waals surface area contributed by atoms with Gasteiger partial charge in [0.2, 0.25) is 5.95 Å². The predicted molar refractivity (Wildman–Crippen MR) is 142 cm³/mol. The summed E-state index contributed by atoms with van der Waals surface area (Å²) < 4.78 is 1.70. The van der Waals surface area contributed by atoms with Crippen molar-refractivity contribution in [2.45, 2.75) is 6.54 Å². The Balaban J connectivity index is 1.29. The lowest BCUT2D eigenvalue weighted by atomic mass is 10.0. The zero-order valence-electron chi connectivity index (χ0n) is 20.4. The molecule has 2 N–H and O–H groups in total. The second-order valence-electron chi connectivity index (χ2n) is 8.61. The van der Waals surface area contributed by atoms with E-state index in [1.54, 1.807) is 41.8 Å². The molecule has 2 aromatic carbocycles. The first kappa shape index (κ1) is 23.7. The van der Waals surface area contributed by atoms with Crippen LogP contribution in [0.5, 0.6) is 0 Å². The van der Waals surface area contributed by atoms with Crippen molar-refractivity contribution in [2.75, 3.05) is 19.4 Å². The fourth-order valence-corrected chi connectivity index (χ4v) is 3.84. The molecule has 0 aliphatic carbocycles. The van der Waals surface area contributed by atoms with Gasteiger partial charge in [0.25, 0.3) is 11.8 Å². The van der Waals surface area contributed by atoms with Crippen LogP contribution in [0.1, 0.15) is 26.4 Å². The van der Waals surface area contributed by atoms with Crippen LogP contribution in [0.15, 0.2) is 91.3 Å². The van der Waals surface area contributed by atoms with Crippen molar-refractivity contribution in [3.63, 3.8) is 0 Å². The van der Waals surface area contributed by atoms with Crippen LogP contribution in [-0.4, -0.2) is 50.4 Å². The van der Waals surface area contributed by atoms with E-state index in [0.717, 1.165) is 22.5 Å². The van der Waals surface area contributed by atoms with Crippen molar-refractivity contribution >= 4 is 29.1 Å². The fourth-order valence-electron chi connectivity index (χ4n) is 3.84. The van der Waals surface area contributed by atoms with Crippen LogP contribution < -0.4 is 10.6 Å². The monoisotopic (exact) mass is 491 g/mol. The summed E-state index contributed by atoms with van der Waals surface area (Å²) in [7, 11) is 3.46. The van der Waals surface area contributed by atoms with Crippen LogP contribution in [-0.2, 0) is 6.54 Å². The number of benzene rings is 2. The van der Waals surface area contributed by atoms with Gasteiger partial charge in [-0.2, -0.15) is 4.98 Å². The molecule has 3 heterocycles. The Hall–Kier alpha value is -5.05. The van der Waals surface area contributed by atoms with E-state index in [4.69, 9.17) is 0 Å². The molecule has 0 aliphatic heterocycles. The lowest BCUT2D eigenvalue weighted by molar-refractivity contribution is 0.0827. The van der Waals surface area contributed by atoms with Crippen LogP contribution in [0.2, 0.25) is 0 Å². The van der Waals surface area contributed by atoms with Gasteiger partial charge in [-0.3, -0.25) is 14.6 Å². The van der Waals surface area contributed by atoms with Gasteiger partial charge in [-0.25, -0.2) is 4.52 Å². The minimum absolute atomic E-state index is 0.0459. The number of pyridine rings is 2. The number of nitrogens with one attached hydrogen (secondary N) is 2. The highest BCUT2D eigenvalue weighted by atomic mass is 16.2. The fraction of sp³-hybridized carbons (Fsp3) is 0.107. The van der Waals surface area contributed by atoms with Gasteiger partial charge >= 0.3 is 0 Å². The maximum Gasteiger partial charge on any atom is 0.253 e. The molecule has 184 valence electrons. The molecular weight excluding hydrogens is 466 g/mol. The minimum Gasteiger partial charge on any atom is -0.346 e. The number of hydrogen-bond acceptors (Lipinski definition) is 6. The first-order valence-electron chi connectivity index (χ1n) is 11.7. The predicted octanol–water partition coefficient (Wildman–Crippen LogP) is 4.17. The number of carbonyl (C=O) groups excluding carboxylic acids is 2. The molecule has 0 saturated carbocycles. The first-order chi connectivity index (χ1) is 18.0. The molecular formula is C28H25N7O2. The smallest absolute Gasteiger partial charge is 0.253 e. The normalized spacial score (nSPS) is 10.8. The number of carbonyl (C=O) groups is 2. The Morgan fingerprint density at radius 2 is 1.65 bits per heavy atom. The summed E-state index contributed by atoms with van der Waals surface area (Å²) in [6, 6.07) is 24.0. The summed E-state index contributed by atoms with van der Waals surface area (Å²) in [6.45, 7) is 0.363. The first-order valence-corrected chi connectivity index (χ1v) is 11.7. The Bertz CT molecular complexity index is 1540. The van der Waals surface area contributed by atoms with Gasteiger partial charge in [-0.05, 0) is 66.2 Å². The second kappa shape index (κ2) is 10.3. The summed E-state index contributed by atoms with van der Waals surface area (Å²) in [5.74, 6) is 0.209. The van der Waals surface area contributed by atoms with Crippen molar-refractivity contribution in [3.05, 3.63) is 108 Å². The third-order valence-electron chi connectivity index (χ3n) is 5.77. The summed E-state index contributed by atoms with van der Waals surface area (Å²) in [5.41, 5.74) is 5.23. The molecule has 9 heteroatoms. The highest BCUT2D eigenvalue weighted by molar-refractivity contribution is 5.95. The van der Waals surface area contributed by atoms with Crippen LogP contribution in [0.4, 0.5) is 11.6 Å². The van der Waals surface area contributed by atoms with E-state index < -0.39 is 0 Å². The number of amides is 2. The summed E-state index contributed by atoms with van der Waals surface area (Å²) in [6.07, 6.45) is 3.53. The van der Waals surface area contributed by atoms with E-state index in [-0.39, 0.29) is 11.8 Å². The van der Waals surface area contributed by atoms with Crippen LogP contribution >= 0.6 is 0 Å². The largest absolute Gasteiger partial charge is 0.346 e. The van der Waals surface area contributed by atoms with E-state index in [2.05, 4.69) is 25.7 Å². The SMILES string of the molecule is CN(C)C(=O)c1ccc(-c2cccn3nc(Nc4ccc(C(=O)NCc5ccccn5)cc4)nc23)cc1. The molecule has 0 radical (unpaired) electrons. The maximum atomic E-state index is 12.5. The molecule has 0 saturated heterocycles. The molecule has 0 unspecified atom stereocenters. The number of hydrogen-bond donors (Lipinski definition) is 2. The Morgan fingerprint density at radius 3 is 2.35 bits per heavy atom. The van der Waals surface area contributed by atoms with E-state index >= 15 is 0 Å². The summed E-state index contributed by atoms with van der Waals surface area (Å²) in [4.78, 5) is 35.1. The van der Waals surface area contributed by atoms with Crippen molar-refractivity contribution < 1.29 is 9.59 Å². The molecule has 0 aliphatic rings. The lowest BCUT2D eigenvalue weighted by Crippen LogP contribution is -2.23.